The average Bonchev–Trinajstić information content (AvgIpc) is 3.15. The third-order valence-electron chi connectivity index (χ3n) is 5.14. The largest absolute Gasteiger partial charge is 0.497 e. The van der Waals surface area contributed by atoms with E-state index in [2.05, 4.69) is 11.9 Å². The maximum atomic E-state index is 13.1. The molecule has 0 atom stereocenters. The molecule has 1 N–H and O–H groups in total. The van der Waals surface area contributed by atoms with Gasteiger partial charge < -0.3 is 4.74 Å². The molecule has 1 saturated heterocycles. The van der Waals surface area contributed by atoms with E-state index >= 15 is 0 Å². The molecule has 1 aliphatic heterocycles. The first kappa shape index (κ1) is 23.5. The van der Waals surface area contributed by atoms with Gasteiger partial charge in [-0.3, -0.25) is 24.5 Å². The second kappa shape index (κ2) is 10.1. The molecular weight excluding hydrogens is 468 g/mol. The van der Waals surface area contributed by atoms with Crippen molar-refractivity contribution in [3.63, 3.8) is 0 Å². The number of hydrogen-bond acceptors (Lipinski definition) is 6. The van der Waals surface area contributed by atoms with Gasteiger partial charge in [0.1, 0.15) is 22.0 Å². The summed E-state index contributed by atoms with van der Waals surface area (Å²) in [6.45, 7) is 3.87. The molecule has 1 fully saturated rings. The highest BCUT2D eigenvalue weighted by molar-refractivity contribution is 7.99. The highest BCUT2D eigenvalue weighted by atomic mass is 32.2. The van der Waals surface area contributed by atoms with Crippen LogP contribution in [0.25, 0.3) is 17.3 Å². The van der Waals surface area contributed by atoms with Crippen LogP contribution in [0.2, 0.25) is 0 Å². The van der Waals surface area contributed by atoms with Gasteiger partial charge in [0.25, 0.3) is 11.8 Å². The lowest BCUT2D eigenvalue weighted by Crippen LogP contribution is -2.53. The van der Waals surface area contributed by atoms with E-state index < -0.39 is 11.8 Å². The van der Waals surface area contributed by atoms with Crippen molar-refractivity contribution in [3.05, 3.63) is 78.4 Å². The monoisotopic (exact) mass is 490 g/mol. The Balaban J connectivity index is 1.85. The van der Waals surface area contributed by atoms with Crippen molar-refractivity contribution >= 4 is 47.0 Å². The van der Waals surface area contributed by atoms with Crippen LogP contribution in [0.1, 0.15) is 5.56 Å². The van der Waals surface area contributed by atoms with Gasteiger partial charge in [-0.05, 0) is 42.6 Å². The van der Waals surface area contributed by atoms with E-state index in [-0.39, 0.29) is 17.2 Å². The molecule has 172 valence electrons. The first-order chi connectivity index (χ1) is 16.4. The van der Waals surface area contributed by atoms with Gasteiger partial charge in [-0.25, -0.2) is 0 Å². The molecule has 2 amide bonds. The smallest absolute Gasteiger partial charge is 0.265 e. The molecule has 0 bridgehead atoms. The fourth-order valence-corrected chi connectivity index (χ4v) is 4.66. The van der Waals surface area contributed by atoms with Crippen molar-refractivity contribution < 1.29 is 14.3 Å². The highest BCUT2D eigenvalue weighted by Gasteiger charge is 2.33. The fourth-order valence-electron chi connectivity index (χ4n) is 3.47. The van der Waals surface area contributed by atoms with Crippen LogP contribution in [-0.2, 0) is 16.6 Å². The quantitative estimate of drug-likeness (QED) is 0.233. The van der Waals surface area contributed by atoms with E-state index in [9.17, 15) is 9.59 Å². The number of amides is 2. The van der Waals surface area contributed by atoms with Gasteiger partial charge >= 0.3 is 0 Å². The van der Waals surface area contributed by atoms with Crippen molar-refractivity contribution in [2.45, 2.75) is 9.92 Å². The number of nitrogens with one attached hydrogen (secondary N) is 1. The Bertz CT molecular complexity index is 1300. The maximum absolute atomic E-state index is 13.1. The van der Waals surface area contributed by atoms with Crippen LogP contribution in [0.15, 0.2) is 82.7 Å². The summed E-state index contributed by atoms with van der Waals surface area (Å²) in [6, 6.07) is 17.3. The minimum Gasteiger partial charge on any atom is -0.497 e. The number of nitrogens with zero attached hydrogens (tertiary/aromatic N) is 3. The van der Waals surface area contributed by atoms with E-state index in [0.717, 1.165) is 21.2 Å². The zero-order valence-corrected chi connectivity index (χ0v) is 20.3. The number of thiocarbonyl (C=S) groups is 1. The third kappa shape index (κ3) is 4.66. The average molecular weight is 491 g/mol. The molecular formula is C25H22N4O3S2. The molecule has 7 nitrogen and oxygen atoms in total. The molecule has 0 spiro atoms. The first-order valence-electron chi connectivity index (χ1n) is 10.4. The zero-order chi connectivity index (χ0) is 24.2. The van der Waals surface area contributed by atoms with Crippen LogP contribution in [0.4, 0.5) is 0 Å². The molecule has 9 heteroatoms. The Morgan fingerprint density at radius 1 is 1.15 bits per heavy atom. The molecule has 0 saturated carbocycles. The molecule has 0 unspecified atom stereocenters. The van der Waals surface area contributed by atoms with Crippen molar-refractivity contribution in [2.75, 3.05) is 13.7 Å². The number of carbonyl (C=O) groups excluding carboxylic acids is 2. The number of carbonyl (C=O) groups is 2. The molecule has 34 heavy (non-hydrogen) atoms. The highest BCUT2D eigenvalue weighted by Crippen LogP contribution is 2.37. The van der Waals surface area contributed by atoms with Crippen LogP contribution in [0, 0.1) is 0 Å². The molecule has 0 radical (unpaired) electrons. The number of aromatic nitrogens is 2. The molecule has 3 aromatic rings. The van der Waals surface area contributed by atoms with Gasteiger partial charge in [0, 0.05) is 29.6 Å². The van der Waals surface area contributed by atoms with E-state index in [1.807, 2.05) is 61.6 Å². The summed E-state index contributed by atoms with van der Waals surface area (Å²) in [6.07, 6.45) is 3.15. The van der Waals surface area contributed by atoms with Crippen molar-refractivity contribution in [3.8, 4) is 17.0 Å². The maximum Gasteiger partial charge on any atom is 0.265 e. The molecule has 1 aromatic heterocycles. The van der Waals surface area contributed by atoms with E-state index in [4.69, 9.17) is 22.1 Å². The Morgan fingerprint density at radius 3 is 2.50 bits per heavy atom. The molecule has 4 rings (SSSR count). The van der Waals surface area contributed by atoms with Gasteiger partial charge in [0.15, 0.2) is 5.11 Å². The van der Waals surface area contributed by atoms with Crippen molar-refractivity contribution in [1.29, 1.82) is 0 Å². The van der Waals surface area contributed by atoms with Crippen molar-refractivity contribution in [1.82, 2.24) is 20.0 Å². The van der Waals surface area contributed by atoms with Crippen LogP contribution in [0.5, 0.6) is 5.75 Å². The Kier molecular flexibility index (Phi) is 6.95. The van der Waals surface area contributed by atoms with E-state index in [1.165, 1.54) is 16.7 Å². The topological polar surface area (TPSA) is 76.5 Å². The minimum atomic E-state index is -0.543. The summed E-state index contributed by atoms with van der Waals surface area (Å²) in [5, 5.41) is 8.16. The SMILES string of the molecule is C=CCN1C(=O)/C(=C/c2c(-c3ccccc3)nn(C)c2Sc2ccc(OC)cc2)C(=O)NC1=S. The molecule has 2 heterocycles. The van der Waals surface area contributed by atoms with Crippen LogP contribution in [0.3, 0.4) is 0 Å². The number of benzene rings is 2. The lowest BCUT2D eigenvalue weighted by atomic mass is 10.0. The minimum absolute atomic E-state index is 0.0165. The number of ether oxygens (including phenoxy) is 1. The summed E-state index contributed by atoms with van der Waals surface area (Å²) in [7, 11) is 3.45. The van der Waals surface area contributed by atoms with Gasteiger partial charge in [-0.2, -0.15) is 5.10 Å². The molecule has 1 aliphatic rings. The summed E-state index contributed by atoms with van der Waals surface area (Å²) >= 11 is 6.65. The summed E-state index contributed by atoms with van der Waals surface area (Å²) in [5.41, 5.74) is 2.18. The van der Waals surface area contributed by atoms with Gasteiger partial charge in [0.2, 0.25) is 0 Å². The third-order valence-corrected chi connectivity index (χ3v) is 6.64. The fraction of sp³-hybridized carbons (Fsp3) is 0.120. The standard InChI is InChI=1S/C25H22N4O3S2/c1-4-14-29-23(31)20(22(30)26-25(29)33)15-19-21(16-8-6-5-7-9-16)27-28(2)24(19)34-18-12-10-17(32-3)11-13-18/h4-13,15H,1,14H2,2-3H3,(H,26,30,33)/b20-15+. The predicted molar refractivity (Wildman–Crippen MR) is 136 cm³/mol. The number of aryl methyl sites for hydroxylation is 1. The Morgan fingerprint density at radius 2 is 1.85 bits per heavy atom. The van der Waals surface area contributed by atoms with Crippen LogP contribution in [-0.4, -0.2) is 45.3 Å². The second-order valence-corrected chi connectivity index (χ2v) is 8.81. The number of methoxy groups -OCH3 is 1. The first-order valence-corrected chi connectivity index (χ1v) is 11.6. The second-order valence-electron chi connectivity index (χ2n) is 7.36. The predicted octanol–water partition coefficient (Wildman–Crippen LogP) is 4.06. The van der Waals surface area contributed by atoms with Gasteiger partial charge in [0.05, 0.1) is 7.11 Å². The number of hydrogen-bond donors (Lipinski definition) is 1. The number of rotatable bonds is 7. The Hall–Kier alpha value is -3.69. The normalized spacial score (nSPS) is 14.9. The summed E-state index contributed by atoms with van der Waals surface area (Å²) in [4.78, 5) is 28.2. The van der Waals surface area contributed by atoms with Gasteiger partial charge in [-0.1, -0.05) is 48.2 Å². The lowest BCUT2D eigenvalue weighted by molar-refractivity contribution is -0.128. The molecule has 0 aliphatic carbocycles. The van der Waals surface area contributed by atoms with Crippen LogP contribution < -0.4 is 10.1 Å². The van der Waals surface area contributed by atoms with E-state index in [1.54, 1.807) is 23.9 Å². The molecule has 2 aromatic carbocycles. The summed E-state index contributed by atoms with van der Waals surface area (Å²) in [5.74, 6) is -0.264. The van der Waals surface area contributed by atoms with Gasteiger partial charge in [-0.15, -0.1) is 6.58 Å². The van der Waals surface area contributed by atoms with Crippen LogP contribution >= 0.6 is 24.0 Å². The van der Waals surface area contributed by atoms with Crippen molar-refractivity contribution in [2.24, 2.45) is 7.05 Å². The lowest BCUT2D eigenvalue weighted by Gasteiger charge is -2.27. The summed E-state index contributed by atoms with van der Waals surface area (Å²) < 4.78 is 7.00. The Labute approximate surface area is 207 Å². The zero-order valence-electron chi connectivity index (χ0n) is 18.6. The van der Waals surface area contributed by atoms with E-state index in [0.29, 0.717) is 11.3 Å².